The van der Waals surface area contributed by atoms with Crippen molar-refractivity contribution >= 4 is 22.2 Å². The van der Waals surface area contributed by atoms with Gasteiger partial charge >= 0.3 is 0 Å². The van der Waals surface area contributed by atoms with Gasteiger partial charge in [0.2, 0.25) is 5.56 Å². The number of fused-ring (bicyclic) bond motifs is 1. The SMILES string of the molecule is CC(O)(C#Cc1ccc2[nH]c(=O)cc(-c3cn[nH]c3)c2c1)c1nccs1. The lowest BCUT2D eigenvalue weighted by molar-refractivity contribution is 0.122. The van der Waals surface area contributed by atoms with Crippen LogP contribution in [0.3, 0.4) is 0 Å². The monoisotopic (exact) mass is 362 g/mol. The molecule has 26 heavy (non-hydrogen) atoms. The third-order valence-electron chi connectivity index (χ3n) is 3.95. The first-order valence-corrected chi connectivity index (χ1v) is 8.73. The van der Waals surface area contributed by atoms with Gasteiger partial charge in [0, 0.05) is 45.9 Å². The molecule has 0 aliphatic rings. The zero-order valence-corrected chi connectivity index (χ0v) is 14.6. The van der Waals surface area contributed by atoms with Gasteiger partial charge in [-0.15, -0.1) is 11.3 Å². The first-order chi connectivity index (χ1) is 12.5. The van der Waals surface area contributed by atoms with E-state index in [-0.39, 0.29) is 5.56 Å². The van der Waals surface area contributed by atoms with Gasteiger partial charge < -0.3 is 10.1 Å². The predicted molar refractivity (Wildman–Crippen MR) is 101 cm³/mol. The van der Waals surface area contributed by atoms with Crippen molar-refractivity contribution in [2.75, 3.05) is 0 Å². The molecule has 0 aliphatic heterocycles. The average molecular weight is 362 g/mol. The molecular weight excluding hydrogens is 348 g/mol. The Hall–Kier alpha value is -3.21. The standard InChI is InChI=1S/C19H14N4O2S/c1-19(25,18-20-6-7-26-18)5-4-12-2-3-16-15(8-12)14(9-17(24)23-16)13-10-21-22-11-13/h2-3,6-11,25H,1H3,(H,21,22)(H,23,24). The van der Waals surface area contributed by atoms with Gasteiger partial charge in [0.1, 0.15) is 5.01 Å². The summed E-state index contributed by atoms with van der Waals surface area (Å²) in [6.45, 7) is 1.62. The molecule has 3 N–H and O–H groups in total. The summed E-state index contributed by atoms with van der Waals surface area (Å²) in [6.07, 6.45) is 5.04. The average Bonchev–Trinajstić information content (AvgIpc) is 3.33. The van der Waals surface area contributed by atoms with Gasteiger partial charge in [-0.3, -0.25) is 9.89 Å². The van der Waals surface area contributed by atoms with Crippen LogP contribution < -0.4 is 5.56 Å². The summed E-state index contributed by atoms with van der Waals surface area (Å²) >= 11 is 1.36. The minimum absolute atomic E-state index is 0.181. The van der Waals surface area contributed by atoms with Crippen molar-refractivity contribution < 1.29 is 5.11 Å². The van der Waals surface area contributed by atoms with Crippen LogP contribution in [0, 0.1) is 11.8 Å². The second-order valence-electron chi connectivity index (χ2n) is 5.95. The molecule has 0 radical (unpaired) electrons. The fraction of sp³-hybridized carbons (Fsp3) is 0.105. The maximum Gasteiger partial charge on any atom is 0.249 e. The van der Waals surface area contributed by atoms with Gasteiger partial charge in [-0.05, 0) is 30.7 Å². The van der Waals surface area contributed by atoms with Gasteiger partial charge in [-0.1, -0.05) is 11.8 Å². The van der Waals surface area contributed by atoms with Crippen LogP contribution in [0.1, 0.15) is 17.5 Å². The molecule has 3 aromatic heterocycles. The fourth-order valence-electron chi connectivity index (χ4n) is 2.68. The summed E-state index contributed by atoms with van der Waals surface area (Å²) in [6, 6.07) is 7.04. The van der Waals surface area contributed by atoms with Crippen molar-refractivity contribution in [3.63, 3.8) is 0 Å². The number of aliphatic hydroxyl groups is 1. The number of H-pyrrole nitrogens is 2. The number of nitrogens with one attached hydrogen (secondary N) is 2. The molecule has 0 bridgehead atoms. The van der Waals surface area contributed by atoms with Crippen LogP contribution in [0.15, 0.2) is 53.0 Å². The maximum absolute atomic E-state index is 11.9. The Morgan fingerprint density at radius 1 is 1.31 bits per heavy atom. The molecule has 4 aromatic rings. The lowest BCUT2D eigenvalue weighted by Crippen LogP contribution is -2.17. The summed E-state index contributed by atoms with van der Waals surface area (Å²) in [5, 5.41) is 20.4. The van der Waals surface area contributed by atoms with Crippen molar-refractivity contribution in [1.29, 1.82) is 0 Å². The molecule has 0 spiro atoms. The first kappa shape index (κ1) is 16.3. The summed E-state index contributed by atoms with van der Waals surface area (Å²) in [5.74, 6) is 5.87. The molecule has 0 fully saturated rings. The number of hydrogen-bond acceptors (Lipinski definition) is 5. The molecule has 1 atom stereocenters. The molecular formula is C19H14N4O2S. The Labute approximate surface area is 152 Å². The van der Waals surface area contributed by atoms with Crippen molar-refractivity contribution in [3.05, 3.63) is 69.2 Å². The summed E-state index contributed by atoms with van der Waals surface area (Å²) in [4.78, 5) is 18.9. The van der Waals surface area contributed by atoms with E-state index in [2.05, 4.69) is 32.0 Å². The first-order valence-electron chi connectivity index (χ1n) is 7.85. The van der Waals surface area contributed by atoms with E-state index in [9.17, 15) is 9.90 Å². The van der Waals surface area contributed by atoms with Crippen LogP contribution in [0.5, 0.6) is 0 Å². The molecule has 4 rings (SSSR count). The number of benzene rings is 1. The number of aromatic amines is 2. The van der Waals surface area contributed by atoms with Gasteiger partial charge in [0.25, 0.3) is 0 Å². The quantitative estimate of drug-likeness (QED) is 0.478. The lowest BCUT2D eigenvalue weighted by Gasteiger charge is -2.12. The third kappa shape index (κ3) is 3.04. The van der Waals surface area contributed by atoms with E-state index < -0.39 is 5.60 Å². The van der Waals surface area contributed by atoms with E-state index in [1.807, 2.05) is 18.2 Å². The van der Waals surface area contributed by atoms with Gasteiger partial charge in [-0.2, -0.15) is 5.10 Å². The molecule has 7 heteroatoms. The molecule has 0 saturated heterocycles. The topological polar surface area (TPSA) is 94.7 Å². The Bertz CT molecular complexity index is 1180. The van der Waals surface area contributed by atoms with Crippen molar-refractivity contribution in [2.45, 2.75) is 12.5 Å². The molecule has 1 aromatic carbocycles. The number of rotatable bonds is 2. The van der Waals surface area contributed by atoms with Gasteiger partial charge in [0.05, 0.1) is 6.20 Å². The van der Waals surface area contributed by atoms with E-state index >= 15 is 0 Å². The number of thiazole rings is 1. The predicted octanol–water partition coefficient (Wildman–Crippen LogP) is 2.63. The highest BCUT2D eigenvalue weighted by Gasteiger charge is 2.22. The van der Waals surface area contributed by atoms with Gasteiger partial charge in [0.15, 0.2) is 5.60 Å². The minimum atomic E-state index is -1.32. The summed E-state index contributed by atoms with van der Waals surface area (Å²) in [5.41, 5.74) is 1.53. The molecule has 128 valence electrons. The van der Waals surface area contributed by atoms with E-state index in [1.165, 1.54) is 17.4 Å². The van der Waals surface area contributed by atoms with Crippen molar-refractivity contribution in [1.82, 2.24) is 20.2 Å². The fourth-order valence-corrected chi connectivity index (χ4v) is 3.33. The van der Waals surface area contributed by atoms with Crippen LogP contribution in [-0.2, 0) is 5.60 Å². The summed E-state index contributed by atoms with van der Waals surface area (Å²) < 4.78 is 0. The Balaban J connectivity index is 1.82. The van der Waals surface area contributed by atoms with Crippen LogP contribution in [0.2, 0.25) is 0 Å². The van der Waals surface area contributed by atoms with E-state index in [0.29, 0.717) is 10.5 Å². The Morgan fingerprint density at radius 3 is 2.92 bits per heavy atom. The van der Waals surface area contributed by atoms with Crippen molar-refractivity contribution in [3.8, 4) is 23.0 Å². The summed E-state index contributed by atoms with van der Waals surface area (Å²) in [7, 11) is 0. The highest BCUT2D eigenvalue weighted by Crippen LogP contribution is 2.26. The second kappa shape index (κ2) is 6.26. The molecule has 3 heterocycles. The third-order valence-corrected chi connectivity index (χ3v) is 4.94. The van der Waals surface area contributed by atoms with E-state index in [1.54, 1.807) is 30.9 Å². The highest BCUT2D eigenvalue weighted by molar-refractivity contribution is 7.09. The molecule has 0 aliphatic carbocycles. The van der Waals surface area contributed by atoms with E-state index in [0.717, 1.165) is 22.1 Å². The van der Waals surface area contributed by atoms with Crippen LogP contribution >= 0.6 is 11.3 Å². The Morgan fingerprint density at radius 2 is 2.19 bits per heavy atom. The zero-order chi connectivity index (χ0) is 18.1. The second-order valence-corrected chi connectivity index (χ2v) is 6.85. The number of nitrogens with zero attached hydrogens (tertiary/aromatic N) is 2. The smallest absolute Gasteiger partial charge is 0.249 e. The normalized spacial score (nSPS) is 13.2. The lowest BCUT2D eigenvalue weighted by atomic mass is 10.0. The van der Waals surface area contributed by atoms with Crippen LogP contribution in [0.4, 0.5) is 0 Å². The van der Waals surface area contributed by atoms with Crippen LogP contribution in [0.25, 0.3) is 22.0 Å². The highest BCUT2D eigenvalue weighted by atomic mass is 32.1. The minimum Gasteiger partial charge on any atom is -0.371 e. The molecule has 0 saturated carbocycles. The zero-order valence-electron chi connectivity index (χ0n) is 13.8. The Kier molecular flexibility index (Phi) is 3.92. The van der Waals surface area contributed by atoms with Crippen LogP contribution in [-0.4, -0.2) is 25.3 Å². The number of hydrogen-bond donors (Lipinski definition) is 3. The number of aromatic nitrogens is 4. The van der Waals surface area contributed by atoms with E-state index in [4.69, 9.17) is 0 Å². The van der Waals surface area contributed by atoms with Gasteiger partial charge in [-0.25, -0.2) is 4.98 Å². The maximum atomic E-state index is 11.9. The van der Waals surface area contributed by atoms with Crippen molar-refractivity contribution in [2.24, 2.45) is 0 Å². The largest absolute Gasteiger partial charge is 0.371 e. The number of pyridine rings is 1. The molecule has 1 unspecified atom stereocenters. The molecule has 0 amide bonds. The molecule has 6 nitrogen and oxygen atoms in total.